The first-order chi connectivity index (χ1) is 8.72. The fourth-order valence-electron chi connectivity index (χ4n) is 1.58. The highest BCUT2D eigenvalue weighted by Gasteiger charge is 2.22. The summed E-state index contributed by atoms with van der Waals surface area (Å²) >= 11 is 0. The Labute approximate surface area is 113 Å². The summed E-state index contributed by atoms with van der Waals surface area (Å²) in [5, 5.41) is 10.6. The maximum absolute atomic E-state index is 12.1. The molecule has 0 bridgehead atoms. The van der Waals surface area contributed by atoms with Crippen molar-refractivity contribution in [3.8, 4) is 0 Å². The molecule has 0 saturated heterocycles. The summed E-state index contributed by atoms with van der Waals surface area (Å²) in [6.07, 6.45) is -0.344. The summed E-state index contributed by atoms with van der Waals surface area (Å²) in [6.45, 7) is 5.37. The van der Waals surface area contributed by atoms with Crippen molar-refractivity contribution in [2.75, 3.05) is 0 Å². The van der Waals surface area contributed by atoms with Gasteiger partial charge in [0.25, 0.3) is 0 Å². The summed E-state index contributed by atoms with van der Waals surface area (Å²) < 4.78 is 26.6. The predicted octanol–water partition coefficient (Wildman–Crippen LogP) is 0.438. The number of benzene rings is 1. The summed E-state index contributed by atoms with van der Waals surface area (Å²) in [5.74, 6) is -1.41. The molecular formula is C13H18NO4S-. The van der Waals surface area contributed by atoms with E-state index in [4.69, 9.17) is 0 Å². The third-order valence-corrected chi connectivity index (χ3v) is 4.33. The van der Waals surface area contributed by atoms with Crippen LogP contribution >= 0.6 is 0 Å². The van der Waals surface area contributed by atoms with Crippen LogP contribution in [-0.2, 0) is 14.8 Å². The standard InChI is InChI=1S/C13H19NO4S/c1-9(2)12(8-13(15)16)14-19(17,18)11-6-4-10(3)5-7-11/h4-7,9,12,14H,8H2,1-3H3,(H,15,16)/p-1. The molecule has 1 atom stereocenters. The Morgan fingerprint density at radius 1 is 1.26 bits per heavy atom. The average Bonchev–Trinajstić information content (AvgIpc) is 2.27. The van der Waals surface area contributed by atoms with E-state index in [2.05, 4.69) is 4.72 Å². The molecule has 0 aliphatic heterocycles. The minimum atomic E-state index is -3.71. The van der Waals surface area contributed by atoms with Crippen LogP contribution in [0.2, 0.25) is 0 Å². The van der Waals surface area contributed by atoms with Crippen LogP contribution in [-0.4, -0.2) is 20.4 Å². The second-order valence-corrected chi connectivity index (χ2v) is 6.57. The fourth-order valence-corrected chi connectivity index (χ4v) is 2.96. The third-order valence-electron chi connectivity index (χ3n) is 2.83. The number of rotatable bonds is 6. The molecule has 0 heterocycles. The Kier molecular flexibility index (Phi) is 5.08. The SMILES string of the molecule is Cc1ccc(S(=O)(=O)NC(CC(=O)[O-])C(C)C)cc1. The monoisotopic (exact) mass is 284 g/mol. The van der Waals surface area contributed by atoms with E-state index >= 15 is 0 Å². The van der Waals surface area contributed by atoms with Gasteiger partial charge in [0.05, 0.1) is 4.90 Å². The molecule has 0 radical (unpaired) electrons. The quantitative estimate of drug-likeness (QED) is 0.821. The number of aryl methyl sites for hydroxylation is 1. The van der Waals surface area contributed by atoms with Crippen LogP contribution in [0.1, 0.15) is 25.8 Å². The van der Waals surface area contributed by atoms with Gasteiger partial charge in [-0.25, -0.2) is 13.1 Å². The molecule has 0 aromatic heterocycles. The lowest BCUT2D eigenvalue weighted by molar-refractivity contribution is -0.306. The van der Waals surface area contributed by atoms with E-state index in [0.29, 0.717) is 0 Å². The molecule has 0 aliphatic carbocycles. The van der Waals surface area contributed by atoms with Gasteiger partial charge < -0.3 is 9.90 Å². The lowest BCUT2D eigenvalue weighted by Gasteiger charge is -2.22. The molecule has 1 aromatic rings. The molecule has 0 spiro atoms. The number of hydrogen-bond acceptors (Lipinski definition) is 4. The third kappa shape index (κ3) is 4.65. The lowest BCUT2D eigenvalue weighted by atomic mass is 10.0. The van der Waals surface area contributed by atoms with Gasteiger partial charge in [0.15, 0.2) is 0 Å². The van der Waals surface area contributed by atoms with E-state index in [1.807, 2.05) is 6.92 Å². The Morgan fingerprint density at radius 2 is 1.79 bits per heavy atom. The molecule has 5 nitrogen and oxygen atoms in total. The number of aliphatic carboxylic acids is 1. The summed E-state index contributed by atoms with van der Waals surface area (Å²) in [5.41, 5.74) is 0.953. The van der Waals surface area contributed by atoms with E-state index < -0.39 is 22.0 Å². The van der Waals surface area contributed by atoms with E-state index in [9.17, 15) is 18.3 Å². The second kappa shape index (κ2) is 6.16. The minimum absolute atomic E-state index is 0.127. The molecule has 0 saturated carbocycles. The Balaban J connectivity index is 2.93. The number of carboxylic acids is 1. The van der Waals surface area contributed by atoms with E-state index in [1.165, 1.54) is 12.1 Å². The highest BCUT2D eigenvalue weighted by molar-refractivity contribution is 7.89. The van der Waals surface area contributed by atoms with Gasteiger partial charge >= 0.3 is 0 Å². The normalized spacial score (nSPS) is 13.5. The first-order valence-electron chi connectivity index (χ1n) is 6.01. The Morgan fingerprint density at radius 3 is 2.21 bits per heavy atom. The van der Waals surface area contributed by atoms with Gasteiger partial charge in [-0.15, -0.1) is 0 Å². The maximum atomic E-state index is 12.1. The van der Waals surface area contributed by atoms with Crippen LogP contribution in [0.5, 0.6) is 0 Å². The fraction of sp³-hybridized carbons (Fsp3) is 0.462. The molecule has 1 unspecified atom stereocenters. The zero-order chi connectivity index (χ0) is 14.6. The average molecular weight is 284 g/mol. The van der Waals surface area contributed by atoms with Crippen molar-refractivity contribution < 1.29 is 18.3 Å². The van der Waals surface area contributed by atoms with Crippen LogP contribution in [0, 0.1) is 12.8 Å². The highest BCUT2D eigenvalue weighted by Crippen LogP contribution is 2.14. The van der Waals surface area contributed by atoms with Gasteiger partial charge in [-0.3, -0.25) is 0 Å². The topological polar surface area (TPSA) is 86.3 Å². The van der Waals surface area contributed by atoms with Gasteiger partial charge in [-0.1, -0.05) is 31.5 Å². The van der Waals surface area contributed by atoms with Crippen molar-refractivity contribution in [1.82, 2.24) is 4.72 Å². The highest BCUT2D eigenvalue weighted by atomic mass is 32.2. The second-order valence-electron chi connectivity index (χ2n) is 4.86. The number of nitrogens with one attached hydrogen (secondary N) is 1. The van der Waals surface area contributed by atoms with Crippen LogP contribution < -0.4 is 9.83 Å². The largest absolute Gasteiger partial charge is 0.550 e. The maximum Gasteiger partial charge on any atom is 0.240 e. The number of hydrogen-bond donors (Lipinski definition) is 1. The van der Waals surface area contributed by atoms with Crippen molar-refractivity contribution in [2.24, 2.45) is 5.92 Å². The Hall–Kier alpha value is -1.40. The van der Waals surface area contributed by atoms with E-state index in [-0.39, 0.29) is 17.2 Å². The van der Waals surface area contributed by atoms with Crippen molar-refractivity contribution in [3.63, 3.8) is 0 Å². The van der Waals surface area contributed by atoms with Gasteiger partial charge in [-0.2, -0.15) is 0 Å². The van der Waals surface area contributed by atoms with Crippen molar-refractivity contribution in [3.05, 3.63) is 29.8 Å². The molecule has 1 N–H and O–H groups in total. The molecule has 0 aliphatic rings. The zero-order valence-corrected chi connectivity index (χ0v) is 12.0. The van der Waals surface area contributed by atoms with Crippen molar-refractivity contribution in [1.29, 1.82) is 0 Å². The van der Waals surface area contributed by atoms with Crippen LogP contribution in [0.3, 0.4) is 0 Å². The smallest absolute Gasteiger partial charge is 0.240 e. The minimum Gasteiger partial charge on any atom is -0.550 e. The van der Waals surface area contributed by atoms with E-state index in [0.717, 1.165) is 5.56 Å². The lowest BCUT2D eigenvalue weighted by Crippen LogP contribution is -2.42. The van der Waals surface area contributed by atoms with Gasteiger partial charge in [0, 0.05) is 18.4 Å². The first kappa shape index (κ1) is 15.7. The number of carbonyl (C=O) groups is 1. The predicted molar refractivity (Wildman–Crippen MR) is 69.8 cm³/mol. The van der Waals surface area contributed by atoms with Crippen molar-refractivity contribution in [2.45, 2.75) is 38.1 Å². The van der Waals surface area contributed by atoms with Crippen LogP contribution in [0.15, 0.2) is 29.2 Å². The van der Waals surface area contributed by atoms with E-state index in [1.54, 1.807) is 26.0 Å². The molecule has 1 rings (SSSR count). The molecule has 106 valence electrons. The molecule has 0 amide bonds. The summed E-state index contributed by atoms with van der Waals surface area (Å²) in [7, 11) is -3.71. The molecule has 6 heteroatoms. The number of sulfonamides is 1. The van der Waals surface area contributed by atoms with Gasteiger partial charge in [0.1, 0.15) is 0 Å². The van der Waals surface area contributed by atoms with Crippen molar-refractivity contribution >= 4 is 16.0 Å². The molecule has 19 heavy (non-hydrogen) atoms. The number of carboxylic acid groups (broad SMARTS) is 1. The zero-order valence-electron chi connectivity index (χ0n) is 11.2. The van der Waals surface area contributed by atoms with Crippen LogP contribution in [0.4, 0.5) is 0 Å². The molecule has 1 aromatic carbocycles. The first-order valence-corrected chi connectivity index (χ1v) is 7.49. The summed E-state index contributed by atoms with van der Waals surface area (Å²) in [6, 6.07) is 5.69. The summed E-state index contributed by atoms with van der Waals surface area (Å²) in [4.78, 5) is 10.8. The van der Waals surface area contributed by atoms with Gasteiger partial charge in [-0.05, 0) is 25.0 Å². The molecule has 0 fully saturated rings. The molecular weight excluding hydrogens is 266 g/mol. The Bertz CT molecular complexity index is 534. The van der Waals surface area contributed by atoms with Gasteiger partial charge in [0.2, 0.25) is 10.0 Å². The number of carbonyl (C=O) groups excluding carboxylic acids is 1. The van der Waals surface area contributed by atoms with Crippen LogP contribution in [0.25, 0.3) is 0 Å².